The average Bonchev–Trinajstić information content (AvgIpc) is 2.90. The number of halogens is 1. The maximum Gasteiger partial charge on any atom is 0.322 e. The summed E-state index contributed by atoms with van der Waals surface area (Å²) in [5, 5.41) is 0. The number of fused-ring (bicyclic) bond motifs is 1. The first-order chi connectivity index (χ1) is 6.97. The zero-order chi connectivity index (χ0) is 11.1. The van der Waals surface area contributed by atoms with Crippen LogP contribution in [0.4, 0.5) is 0 Å². The summed E-state index contributed by atoms with van der Waals surface area (Å²) in [4.78, 5) is 11.5. The Kier molecular flexibility index (Phi) is 3.08. The lowest BCUT2D eigenvalue weighted by molar-refractivity contribution is -0.147. The van der Waals surface area contributed by atoms with Gasteiger partial charge in [0.15, 0.2) is 0 Å². The van der Waals surface area contributed by atoms with Crippen molar-refractivity contribution in [2.75, 3.05) is 6.61 Å². The number of hydrogen-bond donors (Lipinski definition) is 0. The summed E-state index contributed by atoms with van der Waals surface area (Å²) in [5.41, 5.74) is 0. The van der Waals surface area contributed by atoms with E-state index in [1.165, 1.54) is 0 Å². The van der Waals surface area contributed by atoms with Gasteiger partial charge in [-0.15, -0.1) is 0 Å². The second kappa shape index (κ2) is 4.06. The Hall–Kier alpha value is -0.0900. The van der Waals surface area contributed by atoms with Crippen molar-refractivity contribution < 1.29 is 14.3 Å². The van der Waals surface area contributed by atoms with Gasteiger partial charge in [-0.05, 0) is 39.0 Å². The molecule has 15 heavy (non-hydrogen) atoms. The molecule has 1 aliphatic carbocycles. The molecular weight excluding hydrogens is 260 g/mol. The molecular formula is C11H17BrO3. The molecule has 1 heterocycles. The number of carbonyl (C=O) groups is 1. The van der Waals surface area contributed by atoms with Crippen molar-refractivity contribution in [3.63, 3.8) is 0 Å². The molecule has 0 spiro atoms. The molecule has 0 bridgehead atoms. The molecule has 2 aliphatic rings. The maximum atomic E-state index is 11.5. The molecule has 3 nitrogen and oxygen atoms in total. The summed E-state index contributed by atoms with van der Waals surface area (Å²) in [6, 6.07) is 0. The Bertz CT molecular complexity index is 259. The van der Waals surface area contributed by atoms with Crippen molar-refractivity contribution in [1.82, 2.24) is 0 Å². The van der Waals surface area contributed by atoms with E-state index in [0.717, 1.165) is 19.3 Å². The van der Waals surface area contributed by atoms with Crippen molar-refractivity contribution >= 4 is 21.9 Å². The SMILES string of the molecule is CC(C)(Br)C(=O)OCC1CCC2OC2C1. The van der Waals surface area contributed by atoms with E-state index in [2.05, 4.69) is 15.9 Å². The van der Waals surface area contributed by atoms with Gasteiger partial charge in [-0.1, -0.05) is 15.9 Å². The average molecular weight is 277 g/mol. The van der Waals surface area contributed by atoms with E-state index in [-0.39, 0.29) is 5.97 Å². The third-order valence-electron chi connectivity index (χ3n) is 3.05. The predicted octanol–water partition coefficient (Wildman–Crippen LogP) is 2.27. The first-order valence-electron chi connectivity index (χ1n) is 5.48. The van der Waals surface area contributed by atoms with Crippen LogP contribution in [-0.2, 0) is 14.3 Å². The zero-order valence-corrected chi connectivity index (χ0v) is 10.7. The smallest absolute Gasteiger partial charge is 0.322 e. The van der Waals surface area contributed by atoms with Crippen LogP contribution in [0.3, 0.4) is 0 Å². The molecule has 0 aromatic carbocycles. The number of carbonyl (C=O) groups excluding carboxylic acids is 1. The van der Waals surface area contributed by atoms with Gasteiger partial charge in [-0.2, -0.15) is 0 Å². The van der Waals surface area contributed by atoms with Gasteiger partial charge in [0.1, 0.15) is 4.32 Å². The lowest BCUT2D eigenvalue weighted by Crippen LogP contribution is -2.29. The van der Waals surface area contributed by atoms with Crippen LogP contribution < -0.4 is 0 Å². The van der Waals surface area contributed by atoms with Gasteiger partial charge in [0.25, 0.3) is 0 Å². The molecule has 2 fully saturated rings. The minimum absolute atomic E-state index is 0.179. The maximum absolute atomic E-state index is 11.5. The topological polar surface area (TPSA) is 38.8 Å². The molecule has 0 aromatic rings. The van der Waals surface area contributed by atoms with Crippen molar-refractivity contribution in [3.05, 3.63) is 0 Å². The Balaban J connectivity index is 1.71. The third-order valence-corrected chi connectivity index (χ3v) is 3.37. The number of ether oxygens (including phenoxy) is 2. The number of epoxide rings is 1. The second-order valence-electron chi connectivity index (χ2n) is 4.96. The van der Waals surface area contributed by atoms with Crippen molar-refractivity contribution in [2.45, 2.75) is 49.6 Å². The standard InChI is InChI=1S/C11H17BrO3/c1-11(2,12)10(13)14-6-7-3-4-8-9(5-7)15-8/h7-9H,3-6H2,1-2H3. The van der Waals surface area contributed by atoms with Crippen LogP contribution >= 0.6 is 15.9 Å². The molecule has 1 saturated carbocycles. The van der Waals surface area contributed by atoms with Crippen molar-refractivity contribution in [3.8, 4) is 0 Å². The molecule has 1 aliphatic heterocycles. The summed E-state index contributed by atoms with van der Waals surface area (Å²) < 4.78 is 10.1. The molecule has 0 amide bonds. The minimum Gasteiger partial charge on any atom is -0.464 e. The van der Waals surface area contributed by atoms with Crippen LogP contribution in [0, 0.1) is 5.92 Å². The van der Waals surface area contributed by atoms with E-state index in [1.807, 2.05) is 0 Å². The fourth-order valence-corrected chi connectivity index (χ4v) is 2.12. The van der Waals surface area contributed by atoms with E-state index < -0.39 is 4.32 Å². The van der Waals surface area contributed by atoms with E-state index in [9.17, 15) is 4.79 Å². The fourth-order valence-electron chi connectivity index (χ4n) is 2.00. The minimum atomic E-state index is -0.569. The molecule has 3 atom stereocenters. The molecule has 86 valence electrons. The highest BCUT2D eigenvalue weighted by molar-refractivity contribution is 9.10. The number of hydrogen-bond acceptors (Lipinski definition) is 3. The molecule has 0 N–H and O–H groups in total. The zero-order valence-electron chi connectivity index (χ0n) is 9.16. The Morgan fingerprint density at radius 1 is 1.47 bits per heavy atom. The van der Waals surface area contributed by atoms with Crippen molar-refractivity contribution in [2.24, 2.45) is 5.92 Å². The number of alkyl halides is 1. The van der Waals surface area contributed by atoms with E-state index in [1.54, 1.807) is 13.8 Å². The summed E-state index contributed by atoms with van der Waals surface area (Å²) >= 11 is 3.29. The quantitative estimate of drug-likeness (QED) is 0.451. The summed E-state index contributed by atoms with van der Waals surface area (Å²) in [5.74, 6) is 0.314. The molecule has 2 rings (SSSR count). The number of esters is 1. The lowest BCUT2D eigenvalue weighted by Gasteiger charge is -2.21. The Labute approximate surface area is 98.6 Å². The molecule has 1 saturated heterocycles. The second-order valence-corrected chi connectivity index (χ2v) is 6.95. The summed E-state index contributed by atoms with van der Waals surface area (Å²) in [6.07, 6.45) is 4.28. The number of rotatable bonds is 3. The van der Waals surface area contributed by atoms with E-state index >= 15 is 0 Å². The lowest BCUT2D eigenvalue weighted by atomic mass is 9.90. The highest BCUT2D eigenvalue weighted by Crippen LogP contribution is 2.39. The van der Waals surface area contributed by atoms with Crippen molar-refractivity contribution in [1.29, 1.82) is 0 Å². The predicted molar refractivity (Wildman–Crippen MR) is 60.0 cm³/mol. The van der Waals surface area contributed by atoms with Gasteiger partial charge >= 0.3 is 5.97 Å². The van der Waals surface area contributed by atoms with E-state index in [0.29, 0.717) is 24.7 Å². The Morgan fingerprint density at radius 2 is 2.20 bits per heavy atom. The third kappa shape index (κ3) is 2.94. The van der Waals surface area contributed by atoms with Crippen LogP contribution in [0.1, 0.15) is 33.1 Å². The Morgan fingerprint density at radius 3 is 2.80 bits per heavy atom. The highest BCUT2D eigenvalue weighted by Gasteiger charge is 2.44. The van der Waals surface area contributed by atoms with E-state index in [4.69, 9.17) is 9.47 Å². The normalized spacial score (nSPS) is 34.5. The van der Waals surface area contributed by atoms with Gasteiger partial charge in [-0.25, -0.2) is 0 Å². The largest absolute Gasteiger partial charge is 0.464 e. The van der Waals surface area contributed by atoms with Gasteiger partial charge in [0.2, 0.25) is 0 Å². The van der Waals surface area contributed by atoms with Crippen LogP contribution in [0.25, 0.3) is 0 Å². The molecule has 3 unspecified atom stereocenters. The van der Waals surface area contributed by atoms with Crippen LogP contribution in [0.2, 0.25) is 0 Å². The first-order valence-corrected chi connectivity index (χ1v) is 6.27. The first kappa shape index (κ1) is 11.4. The van der Waals surface area contributed by atoms with Crippen LogP contribution in [0.5, 0.6) is 0 Å². The summed E-state index contributed by atoms with van der Waals surface area (Å²) in [7, 11) is 0. The van der Waals surface area contributed by atoms with Gasteiger partial charge in [0, 0.05) is 0 Å². The monoisotopic (exact) mass is 276 g/mol. The molecule has 4 heteroatoms. The van der Waals surface area contributed by atoms with Gasteiger partial charge in [0.05, 0.1) is 18.8 Å². The van der Waals surface area contributed by atoms with Gasteiger partial charge in [-0.3, -0.25) is 4.79 Å². The molecule has 0 aromatic heterocycles. The van der Waals surface area contributed by atoms with Gasteiger partial charge < -0.3 is 9.47 Å². The molecule has 0 radical (unpaired) electrons. The summed E-state index contributed by atoms with van der Waals surface area (Å²) in [6.45, 7) is 4.15. The van der Waals surface area contributed by atoms with Crippen LogP contribution in [0.15, 0.2) is 0 Å². The highest BCUT2D eigenvalue weighted by atomic mass is 79.9. The fraction of sp³-hybridized carbons (Fsp3) is 0.909. The van der Waals surface area contributed by atoms with Crippen LogP contribution in [-0.4, -0.2) is 29.1 Å².